The van der Waals surface area contributed by atoms with Gasteiger partial charge in [-0.1, -0.05) is 11.1 Å². The quantitative estimate of drug-likeness (QED) is 0.153. The Hall–Kier alpha value is -2.72. The van der Waals surface area contributed by atoms with E-state index in [2.05, 4.69) is 21.3 Å². The van der Waals surface area contributed by atoms with E-state index >= 15 is 0 Å². The molecule has 0 bridgehead atoms. The molecule has 1 fully saturated rings. The van der Waals surface area contributed by atoms with E-state index < -0.39 is 12.1 Å². The van der Waals surface area contributed by atoms with E-state index in [0.29, 0.717) is 51.6 Å². The number of aliphatic hydroxyl groups excluding tert-OH is 2. The number of aliphatic hydroxyl groups is 2. The van der Waals surface area contributed by atoms with Crippen molar-refractivity contribution in [3.63, 3.8) is 0 Å². The molecule has 0 saturated carbocycles. The molecule has 1 aliphatic rings. The van der Waals surface area contributed by atoms with Gasteiger partial charge in [-0.3, -0.25) is 19.2 Å². The van der Waals surface area contributed by atoms with E-state index in [1.165, 1.54) is 12.2 Å². The number of nitrogens with one attached hydrogen (secondary N) is 4. The van der Waals surface area contributed by atoms with Crippen molar-refractivity contribution in [2.75, 3.05) is 26.3 Å². The lowest BCUT2D eigenvalue weighted by Gasteiger charge is -2.29. The highest BCUT2D eigenvalue weighted by atomic mass is 16.3. The number of hydrogen-bond donors (Lipinski definition) is 6. The molecule has 0 unspecified atom stereocenters. The SMILES string of the molecule is C/C(=C\C(=O)NCCC[C@@H]1NC(=O)[C@@H](CCCNC(=O)/C=C(\C)CCO)NC1=O)CCO. The monoisotopic (exact) mass is 452 g/mol. The molecule has 0 aliphatic carbocycles. The van der Waals surface area contributed by atoms with Crippen molar-refractivity contribution in [1.82, 2.24) is 21.3 Å². The van der Waals surface area contributed by atoms with Gasteiger partial charge >= 0.3 is 0 Å². The van der Waals surface area contributed by atoms with Crippen molar-refractivity contribution < 1.29 is 29.4 Å². The minimum Gasteiger partial charge on any atom is -0.396 e. The summed E-state index contributed by atoms with van der Waals surface area (Å²) >= 11 is 0. The van der Waals surface area contributed by atoms with E-state index in [9.17, 15) is 19.2 Å². The molecule has 2 atom stereocenters. The van der Waals surface area contributed by atoms with Gasteiger partial charge in [-0.05, 0) is 52.4 Å². The van der Waals surface area contributed by atoms with Crippen LogP contribution in [0.15, 0.2) is 23.3 Å². The predicted molar refractivity (Wildman–Crippen MR) is 119 cm³/mol. The van der Waals surface area contributed by atoms with Crippen LogP contribution in [0.25, 0.3) is 0 Å². The minimum absolute atomic E-state index is 0.00972. The highest BCUT2D eigenvalue weighted by molar-refractivity contribution is 5.96. The third kappa shape index (κ3) is 11.1. The normalized spacial score (nSPS) is 19.2. The fourth-order valence-electron chi connectivity index (χ4n) is 3.16. The molecule has 180 valence electrons. The summed E-state index contributed by atoms with van der Waals surface area (Å²) in [7, 11) is 0. The van der Waals surface area contributed by atoms with E-state index in [1.54, 1.807) is 13.8 Å². The fraction of sp³-hybridized carbons (Fsp3) is 0.636. The minimum atomic E-state index is -0.637. The van der Waals surface area contributed by atoms with Crippen molar-refractivity contribution in [3.8, 4) is 0 Å². The maximum atomic E-state index is 12.3. The molecular weight excluding hydrogens is 416 g/mol. The Morgan fingerprint density at radius 3 is 1.53 bits per heavy atom. The molecular formula is C22H36N4O6. The molecule has 10 nitrogen and oxygen atoms in total. The van der Waals surface area contributed by atoms with Gasteiger partial charge in [0.05, 0.1) is 0 Å². The molecule has 32 heavy (non-hydrogen) atoms. The number of amides is 4. The summed E-state index contributed by atoms with van der Waals surface area (Å²) < 4.78 is 0. The van der Waals surface area contributed by atoms with Crippen LogP contribution in [0.1, 0.15) is 52.4 Å². The maximum absolute atomic E-state index is 12.3. The second-order valence-corrected chi connectivity index (χ2v) is 7.92. The first-order chi connectivity index (χ1) is 15.3. The molecule has 1 heterocycles. The Kier molecular flexibility index (Phi) is 12.9. The Morgan fingerprint density at radius 2 is 1.19 bits per heavy atom. The Labute approximate surface area is 188 Å². The number of carbonyl (C=O) groups excluding carboxylic acids is 4. The molecule has 1 rings (SSSR count). The van der Waals surface area contributed by atoms with Gasteiger partial charge in [0.1, 0.15) is 12.1 Å². The smallest absolute Gasteiger partial charge is 0.243 e. The third-order valence-corrected chi connectivity index (χ3v) is 4.97. The first-order valence-corrected chi connectivity index (χ1v) is 11.0. The Balaban J connectivity index is 2.28. The summed E-state index contributed by atoms with van der Waals surface area (Å²) in [5.74, 6) is -1.02. The van der Waals surface area contributed by atoms with Crippen LogP contribution in [-0.4, -0.2) is 72.2 Å². The van der Waals surface area contributed by atoms with Crippen molar-refractivity contribution >= 4 is 23.6 Å². The number of piperazine rings is 1. The summed E-state index contributed by atoms with van der Waals surface area (Å²) in [5.41, 5.74) is 1.56. The summed E-state index contributed by atoms with van der Waals surface area (Å²) in [6, 6.07) is -1.27. The van der Waals surface area contributed by atoms with Crippen LogP contribution < -0.4 is 21.3 Å². The van der Waals surface area contributed by atoms with Crippen molar-refractivity contribution in [1.29, 1.82) is 0 Å². The molecule has 0 spiro atoms. The lowest BCUT2D eigenvalue weighted by atomic mass is 10.0. The average Bonchev–Trinajstić information content (AvgIpc) is 2.71. The largest absolute Gasteiger partial charge is 0.396 e. The standard InChI is InChI=1S/C22H36N4O6/c1-15(7-11-27)13-19(29)23-9-3-5-17-21(31)26-18(22(32)25-17)6-4-10-24-20(30)14-16(2)8-12-28/h13-14,17-18,27-28H,3-12H2,1-2H3,(H,23,29)(H,24,30)(H,25,32)(H,26,31)/b15-13+,16-14+/t17-,18+. The van der Waals surface area contributed by atoms with Crippen LogP contribution in [0.2, 0.25) is 0 Å². The topological polar surface area (TPSA) is 157 Å². The first kappa shape index (κ1) is 27.3. The van der Waals surface area contributed by atoms with Crippen molar-refractivity contribution in [2.24, 2.45) is 0 Å². The van der Waals surface area contributed by atoms with Crippen LogP contribution in [0.3, 0.4) is 0 Å². The van der Waals surface area contributed by atoms with E-state index in [0.717, 1.165) is 11.1 Å². The van der Waals surface area contributed by atoms with E-state index in [1.807, 2.05) is 0 Å². The van der Waals surface area contributed by atoms with Gasteiger partial charge in [-0.2, -0.15) is 0 Å². The Morgan fingerprint density at radius 1 is 0.812 bits per heavy atom. The van der Waals surface area contributed by atoms with E-state index in [-0.39, 0.29) is 36.8 Å². The summed E-state index contributed by atoms with van der Waals surface area (Å²) in [6.07, 6.45) is 5.61. The van der Waals surface area contributed by atoms with Crippen LogP contribution in [0.4, 0.5) is 0 Å². The zero-order valence-corrected chi connectivity index (χ0v) is 18.9. The summed E-state index contributed by atoms with van der Waals surface area (Å²) in [6.45, 7) is 4.25. The molecule has 0 aromatic rings. The van der Waals surface area contributed by atoms with Crippen LogP contribution in [0, 0.1) is 0 Å². The zero-order valence-electron chi connectivity index (χ0n) is 18.9. The van der Waals surface area contributed by atoms with Gasteiger partial charge in [0.25, 0.3) is 0 Å². The highest BCUT2D eigenvalue weighted by Crippen LogP contribution is 2.08. The molecule has 10 heteroatoms. The van der Waals surface area contributed by atoms with Gasteiger partial charge in [-0.15, -0.1) is 0 Å². The second kappa shape index (κ2) is 15.1. The molecule has 1 aliphatic heterocycles. The molecule has 0 aromatic heterocycles. The zero-order chi connectivity index (χ0) is 23.9. The first-order valence-electron chi connectivity index (χ1n) is 11.0. The number of rotatable bonds is 14. The number of carbonyl (C=O) groups is 4. The predicted octanol–water partition coefficient (Wildman–Crippen LogP) is -0.580. The van der Waals surface area contributed by atoms with Crippen molar-refractivity contribution in [3.05, 3.63) is 23.3 Å². The van der Waals surface area contributed by atoms with Crippen LogP contribution >= 0.6 is 0 Å². The summed E-state index contributed by atoms with van der Waals surface area (Å²) in [4.78, 5) is 48.0. The molecule has 4 amide bonds. The highest BCUT2D eigenvalue weighted by Gasteiger charge is 2.32. The van der Waals surface area contributed by atoms with Crippen molar-refractivity contribution in [2.45, 2.75) is 64.5 Å². The van der Waals surface area contributed by atoms with Gasteiger partial charge in [0.2, 0.25) is 23.6 Å². The number of hydrogen-bond acceptors (Lipinski definition) is 6. The second-order valence-electron chi connectivity index (χ2n) is 7.92. The summed E-state index contributed by atoms with van der Waals surface area (Å²) in [5, 5.41) is 28.5. The van der Waals surface area contributed by atoms with Gasteiger partial charge < -0.3 is 31.5 Å². The van der Waals surface area contributed by atoms with E-state index in [4.69, 9.17) is 10.2 Å². The third-order valence-electron chi connectivity index (χ3n) is 4.97. The van der Waals surface area contributed by atoms with Gasteiger partial charge in [0, 0.05) is 38.5 Å². The Bertz CT molecular complexity index is 659. The van der Waals surface area contributed by atoms with Crippen LogP contribution in [0.5, 0.6) is 0 Å². The lowest BCUT2D eigenvalue weighted by molar-refractivity contribution is -0.137. The average molecular weight is 453 g/mol. The fourth-order valence-corrected chi connectivity index (χ4v) is 3.16. The molecule has 1 saturated heterocycles. The van der Waals surface area contributed by atoms with Gasteiger partial charge in [-0.25, -0.2) is 0 Å². The van der Waals surface area contributed by atoms with Gasteiger partial charge in [0.15, 0.2) is 0 Å². The molecule has 6 N–H and O–H groups in total. The maximum Gasteiger partial charge on any atom is 0.243 e. The lowest BCUT2D eigenvalue weighted by Crippen LogP contribution is -2.61. The molecule has 0 aromatic carbocycles. The molecule has 0 radical (unpaired) electrons. The van der Waals surface area contributed by atoms with Crippen LogP contribution in [-0.2, 0) is 19.2 Å².